The minimum absolute atomic E-state index is 0.0783. The molecule has 0 atom stereocenters. The lowest BCUT2D eigenvalue weighted by Crippen LogP contribution is -2.20. The van der Waals surface area contributed by atoms with Crippen LogP contribution in [0.4, 0.5) is 5.69 Å². The van der Waals surface area contributed by atoms with E-state index in [0.717, 1.165) is 27.9 Å². The molecule has 4 rings (SSSR count). The molecule has 6 heteroatoms. The number of carbonyl (C=O) groups is 1. The molecular formula is C24H21N3O3. The molecule has 1 N–H and O–H groups in total. The molecule has 0 aliphatic rings. The molecule has 6 nitrogen and oxygen atoms in total. The maximum absolute atomic E-state index is 12.2. The van der Waals surface area contributed by atoms with E-state index in [4.69, 9.17) is 9.26 Å². The van der Waals surface area contributed by atoms with Crippen molar-refractivity contribution in [3.8, 4) is 28.6 Å². The summed E-state index contributed by atoms with van der Waals surface area (Å²) in [6.07, 6.45) is 0. The summed E-state index contributed by atoms with van der Waals surface area (Å²) < 4.78 is 10.9. The van der Waals surface area contributed by atoms with Crippen LogP contribution in [0.25, 0.3) is 22.8 Å². The van der Waals surface area contributed by atoms with Gasteiger partial charge >= 0.3 is 0 Å². The lowest BCUT2D eigenvalue weighted by Gasteiger charge is -2.09. The van der Waals surface area contributed by atoms with E-state index in [1.54, 1.807) is 12.1 Å². The second kappa shape index (κ2) is 8.61. The van der Waals surface area contributed by atoms with Crippen molar-refractivity contribution in [3.63, 3.8) is 0 Å². The van der Waals surface area contributed by atoms with Gasteiger partial charge in [0, 0.05) is 16.8 Å². The number of hydrogen-bond acceptors (Lipinski definition) is 5. The molecule has 0 aliphatic heterocycles. The molecule has 0 aliphatic carbocycles. The third-order valence-corrected chi connectivity index (χ3v) is 4.43. The normalized spacial score (nSPS) is 10.6. The number of nitrogens with one attached hydrogen (secondary N) is 1. The Morgan fingerprint density at radius 3 is 2.33 bits per heavy atom. The van der Waals surface area contributed by atoms with Gasteiger partial charge in [0.1, 0.15) is 5.75 Å². The molecule has 0 radical (unpaired) electrons. The first-order valence-corrected chi connectivity index (χ1v) is 9.57. The number of anilines is 1. The fourth-order valence-electron chi connectivity index (χ4n) is 3.13. The summed E-state index contributed by atoms with van der Waals surface area (Å²) in [7, 11) is 0. The van der Waals surface area contributed by atoms with E-state index in [1.165, 1.54) is 0 Å². The third-order valence-electron chi connectivity index (χ3n) is 4.43. The van der Waals surface area contributed by atoms with Gasteiger partial charge in [-0.2, -0.15) is 4.98 Å². The highest BCUT2D eigenvalue weighted by Crippen LogP contribution is 2.24. The topological polar surface area (TPSA) is 77.2 Å². The second-order valence-electron chi connectivity index (χ2n) is 7.03. The first-order valence-electron chi connectivity index (χ1n) is 9.57. The van der Waals surface area contributed by atoms with E-state index in [-0.39, 0.29) is 12.5 Å². The van der Waals surface area contributed by atoms with Crippen LogP contribution < -0.4 is 10.1 Å². The zero-order valence-corrected chi connectivity index (χ0v) is 16.8. The van der Waals surface area contributed by atoms with Crippen LogP contribution in [0.2, 0.25) is 0 Å². The zero-order valence-electron chi connectivity index (χ0n) is 16.8. The molecule has 0 spiro atoms. The summed E-state index contributed by atoms with van der Waals surface area (Å²) in [4.78, 5) is 16.6. The van der Waals surface area contributed by atoms with Gasteiger partial charge in [-0.1, -0.05) is 41.6 Å². The van der Waals surface area contributed by atoms with Crippen molar-refractivity contribution in [2.45, 2.75) is 13.8 Å². The number of rotatable bonds is 6. The Kier molecular flexibility index (Phi) is 5.57. The summed E-state index contributed by atoms with van der Waals surface area (Å²) in [6, 6.07) is 22.7. The molecular weight excluding hydrogens is 378 g/mol. The molecule has 30 heavy (non-hydrogen) atoms. The first-order chi connectivity index (χ1) is 14.6. The van der Waals surface area contributed by atoms with Gasteiger partial charge in [0.05, 0.1) is 0 Å². The number of carbonyl (C=O) groups excluding carboxylic acids is 1. The van der Waals surface area contributed by atoms with Crippen molar-refractivity contribution >= 4 is 11.6 Å². The Balaban J connectivity index is 1.36. The standard InChI is InChI=1S/C24H21N3O3/c1-16-12-17(2)14-20(13-16)25-22(28)15-29-21-10-8-19(9-11-21)24-26-23(27-30-24)18-6-4-3-5-7-18/h3-14H,15H2,1-2H3,(H,25,28). The van der Waals surface area contributed by atoms with Crippen LogP contribution in [0.1, 0.15) is 11.1 Å². The Labute approximate surface area is 174 Å². The SMILES string of the molecule is Cc1cc(C)cc(NC(=O)COc2ccc(-c3nc(-c4ccccc4)no3)cc2)c1. The minimum atomic E-state index is -0.214. The van der Waals surface area contributed by atoms with Crippen molar-refractivity contribution in [1.82, 2.24) is 10.1 Å². The maximum Gasteiger partial charge on any atom is 0.262 e. The summed E-state index contributed by atoms with van der Waals surface area (Å²) in [5.41, 5.74) is 4.62. The van der Waals surface area contributed by atoms with Gasteiger partial charge < -0.3 is 14.6 Å². The Hall–Kier alpha value is -3.93. The predicted molar refractivity (Wildman–Crippen MR) is 115 cm³/mol. The fraction of sp³-hybridized carbons (Fsp3) is 0.125. The van der Waals surface area contributed by atoms with E-state index in [0.29, 0.717) is 17.5 Å². The Bertz CT molecular complexity index is 1130. The van der Waals surface area contributed by atoms with Crippen LogP contribution >= 0.6 is 0 Å². The second-order valence-corrected chi connectivity index (χ2v) is 7.03. The van der Waals surface area contributed by atoms with Gasteiger partial charge in [0.25, 0.3) is 11.8 Å². The van der Waals surface area contributed by atoms with Crippen LogP contribution in [-0.4, -0.2) is 22.7 Å². The van der Waals surface area contributed by atoms with Crippen molar-refractivity contribution in [2.75, 3.05) is 11.9 Å². The molecule has 3 aromatic carbocycles. The maximum atomic E-state index is 12.2. The molecule has 0 unspecified atom stereocenters. The molecule has 1 aromatic heterocycles. The monoisotopic (exact) mass is 399 g/mol. The molecule has 0 fully saturated rings. The van der Waals surface area contributed by atoms with E-state index in [2.05, 4.69) is 21.5 Å². The summed E-state index contributed by atoms with van der Waals surface area (Å²) in [5.74, 6) is 1.33. The van der Waals surface area contributed by atoms with E-state index < -0.39 is 0 Å². The molecule has 0 saturated heterocycles. The number of amides is 1. The van der Waals surface area contributed by atoms with Crippen molar-refractivity contribution < 1.29 is 14.1 Å². The lowest BCUT2D eigenvalue weighted by atomic mass is 10.1. The number of hydrogen-bond donors (Lipinski definition) is 1. The van der Waals surface area contributed by atoms with Gasteiger partial charge in [0.15, 0.2) is 6.61 Å². The van der Waals surface area contributed by atoms with E-state index >= 15 is 0 Å². The number of nitrogens with zero attached hydrogens (tertiary/aromatic N) is 2. The largest absolute Gasteiger partial charge is 0.484 e. The van der Waals surface area contributed by atoms with Crippen LogP contribution in [0.3, 0.4) is 0 Å². The third kappa shape index (κ3) is 4.72. The molecule has 4 aromatic rings. The molecule has 0 bridgehead atoms. The minimum Gasteiger partial charge on any atom is -0.484 e. The van der Waals surface area contributed by atoms with Crippen LogP contribution in [0, 0.1) is 13.8 Å². The summed E-state index contributed by atoms with van der Waals surface area (Å²) in [6.45, 7) is 3.91. The molecule has 150 valence electrons. The average molecular weight is 399 g/mol. The number of aryl methyl sites for hydroxylation is 2. The molecule has 1 amide bonds. The van der Waals surface area contributed by atoms with Gasteiger partial charge in [-0.3, -0.25) is 4.79 Å². The predicted octanol–water partition coefficient (Wildman–Crippen LogP) is 5.04. The lowest BCUT2D eigenvalue weighted by molar-refractivity contribution is -0.118. The zero-order chi connectivity index (χ0) is 20.9. The number of benzene rings is 3. The Morgan fingerprint density at radius 1 is 0.933 bits per heavy atom. The Morgan fingerprint density at radius 2 is 1.63 bits per heavy atom. The van der Waals surface area contributed by atoms with Crippen molar-refractivity contribution in [1.29, 1.82) is 0 Å². The smallest absolute Gasteiger partial charge is 0.262 e. The quantitative estimate of drug-likeness (QED) is 0.492. The van der Waals surface area contributed by atoms with Gasteiger partial charge in [0.2, 0.25) is 5.82 Å². The highest BCUT2D eigenvalue weighted by atomic mass is 16.5. The highest BCUT2D eigenvalue weighted by Gasteiger charge is 2.11. The van der Waals surface area contributed by atoms with E-state index in [1.807, 2.05) is 68.4 Å². The van der Waals surface area contributed by atoms with E-state index in [9.17, 15) is 4.79 Å². The highest BCUT2D eigenvalue weighted by molar-refractivity contribution is 5.92. The van der Waals surface area contributed by atoms with Crippen molar-refractivity contribution in [2.24, 2.45) is 0 Å². The number of aromatic nitrogens is 2. The molecule has 1 heterocycles. The molecule has 0 saturated carbocycles. The van der Waals surface area contributed by atoms with Crippen LogP contribution in [0.15, 0.2) is 77.3 Å². The van der Waals surface area contributed by atoms with Crippen LogP contribution in [0.5, 0.6) is 5.75 Å². The summed E-state index contributed by atoms with van der Waals surface area (Å²) >= 11 is 0. The first kappa shape index (κ1) is 19.4. The fourth-order valence-corrected chi connectivity index (χ4v) is 3.13. The van der Waals surface area contributed by atoms with Crippen LogP contribution in [-0.2, 0) is 4.79 Å². The summed E-state index contributed by atoms with van der Waals surface area (Å²) in [5, 5.41) is 6.88. The van der Waals surface area contributed by atoms with Gasteiger partial charge in [-0.15, -0.1) is 0 Å². The number of ether oxygens (including phenoxy) is 1. The average Bonchev–Trinajstić information content (AvgIpc) is 3.23. The van der Waals surface area contributed by atoms with Crippen molar-refractivity contribution in [3.05, 3.63) is 83.9 Å². The van der Waals surface area contributed by atoms with Gasteiger partial charge in [-0.05, 0) is 61.4 Å². The van der Waals surface area contributed by atoms with Gasteiger partial charge in [-0.25, -0.2) is 0 Å².